The van der Waals surface area contributed by atoms with Gasteiger partial charge in [0.2, 0.25) is 5.88 Å². The molecule has 0 aliphatic carbocycles. The van der Waals surface area contributed by atoms with E-state index in [1.54, 1.807) is 6.92 Å². The molecule has 0 saturated carbocycles. The zero-order chi connectivity index (χ0) is 12.4. The summed E-state index contributed by atoms with van der Waals surface area (Å²) in [5.41, 5.74) is 1.58. The second-order valence-corrected chi connectivity index (χ2v) is 3.49. The molecule has 0 atom stereocenters. The summed E-state index contributed by atoms with van der Waals surface area (Å²) in [4.78, 5) is 0. The molecule has 0 unspecified atom stereocenters. The van der Waals surface area contributed by atoms with Crippen LogP contribution in [0.15, 0.2) is 29.4 Å². The first kappa shape index (κ1) is 11.1. The number of benzene rings is 1. The summed E-state index contributed by atoms with van der Waals surface area (Å²) >= 11 is 0. The molecule has 1 aromatic carbocycles. The SMILES string of the molecule is Cc1nn(-c2ccc(F)cc2)c(O)c1C=NN. The van der Waals surface area contributed by atoms with Gasteiger partial charge in [0.25, 0.3) is 0 Å². The first-order valence-electron chi connectivity index (χ1n) is 4.91. The second kappa shape index (κ2) is 4.25. The van der Waals surface area contributed by atoms with Crippen LogP contribution in [0.3, 0.4) is 0 Å². The highest BCUT2D eigenvalue weighted by atomic mass is 19.1. The molecule has 0 saturated heterocycles. The van der Waals surface area contributed by atoms with E-state index < -0.39 is 0 Å². The first-order valence-corrected chi connectivity index (χ1v) is 4.91. The summed E-state index contributed by atoms with van der Waals surface area (Å²) in [5.74, 6) is 4.61. The first-order chi connectivity index (χ1) is 8.13. The number of nitrogens with zero attached hydrogens (tertiary/aromatic N) is 3. The number of aryl methyl sites for hydroxylation is 1. The van der Waals surface area contributed by atoms with Crippen LogP contribution in [0.25, 0.3) is 5.69 Å². The molecule has 0 radical (unpaired) electrons. The van der Waals surface area contributed by atoms with Crippen molar-refractivity contribution in [1.29, 1.82) is 0 Å². The lowest BCUT2D eigenvalue weighted by Crippen LogP contribution is -1.96. The van der Waals surface area contributed by atoms with Crippen molar-refractivity contribution in [2.75, 3.05) is 0 Å². The molecule has 0 spiro atoms. The van der Waals surface area contributed by atoms with E-state index in [0.717, 1.165) is 0 Å². The van der Waals surface area contributed by atoms with Crippen molar-refractivity contribution in [2.45, 2.75) is 6.92 Å². The van der Waals surface area contributed by atoms with Crippen molar-refractivity contribution in [2.24, 2.45) is 10.9 Å². The van der Waals surface area contributed by atoms with Gasteiger partial charge in [-0.3, -0.25) is 0 Å². The van der Waals surface area contributed by atoms with E-state index in [2.05, 4.69) is 10.2 Å². The van der Waals surface area contributed by atoms with Crippen molar-refractivity contribution in [3.8, 4) is 11.6 Å². The lowest BCUT2D eigenvalue weighted by molar-refractivity contribution is 0.432. The Morgan fingerprint density at radius 1 is 1.41 bits per heavy atom. The van der Waals surface area contributed by atoms with Gasteiger partial charge in [-0.1, -0.05) is 0 Å². The van der Waals surface area contributed by atoms with Crippen LogP contribution in [0.4, 0.5) is 4.39 Å². The van der Waals surface area contributed by atoms with Gasteiger partial charge in [0.15, 0.2) is 0 Å². The number of hydrogen-bond acceptors (Lipinski definition) is 4. The van der Waals surface area contributed by atoms with E-state index in [9.17, 15) is 9.50 Å². The topological polar surface area (TPSA) is 76.4 Å². The molecule has 0 bridgehead atoms. The molecule has 6 heteroatoms. The molecule has 0 aliphatic rings. The largest absolute Gasteiger partial charge is 0.493 e. The van der Waals surface area contributed by atoms with Crippen molar-refractivity contribution in [1.82, 2.24) is 9.78 Å². The molecule has 17 heavy (non-hydrogen) atoms. The summed E-state index contributed by atoms with van der Waals surface area (Å²) in [6, 6.07) is 5.63. The normalized spacial score (nSPS) is 11.2. The van der Waals surface area contributed by atoms with Crippen LogP contribution in [-0.2, 0) is 0 Å². The summed E-state index contributed by atoms with van der Waals surface area (Å²) < 4.78 is 14.1. The molecule has 88 valence electrons. The minimum atomic E-state index is -0.346. The fourth-order valence-electron chi connectivity index (χ4n) is 1.52. The molecule has 5 nitrogen and oxygen atoms in total. The Morgan fingerprint density at radius 3 is 2.65 bits per heavy atom. The number of aromatic nitrogens is 2. The second-order valence-electron chi connectivity index (χ2n) is 3.49. The predicted octanol–water partition coefficient (Wildman–Crippen LogP) is 1.32. The van der Waals surface area contributed by atoms with Gasteiger partial charge in [0.1, 0.15) is 5.82 Å². The highest BCUT2D eigenvalue weighted by Gasteiger charge is 2.13. The fourth-order valence-corrected chi connectivity index (χ4v) is 1.52. The Kier molecular flexibility index (Phi) is 2.78. The monoisotopic (exact) mass is 234 g/mol. The maximum atomic E-state index is 12.8. The van der Waals surface area contributed by atoms with Crippen LogP contribution in [0.2, 0.25) is 0 Å². The van der Waals surface area contributed by atoms with Crippen LogP contribution >= 0.6 is 0 Å². The maximum absolute atomic E-state index is 12.8. The highest BCUT2D eigenvalue weighted by molar-refractivity contribution is 5.84. The van der Waals surface area contributed by atoms with Gasteiger partial charge < -0.3 is 10.9 Å². The number of nitrogens with two attached hydrogens (primary N) is 1. The summed E-state index contributed by atoms with van der Waals surface area (Å²) in [5, 5.41) is 17.4. The van der Waals surface area contributed by atoms with Gasteiger partial charge in [-0.25, -0.2) is 9.07 Å². The van der Waals surface area contributed by atoms with Gasteiger partial charge in [-0.15, -0.1) is 0 Å². The molecule has 1 aromatic heterocycles. The Balaban J connectivity index is 2.53. The molecule has 2 rings (SSSR count). The van der Waals surface area contributed by atoms with Gasteiger partial charge in [0, 0.05) is 0 Å². The zero-order valence-corrected chi connectivity index (χ0v) is 9.13. The summed E-state index contributed by atoms with van der Waals surface area (Å²) in [6.45, 7) is 1.72. The van der Waals surface area contributed by atoms with Gasteiger partial charge >= 0.3 is 0 Å². The molecular formula is C11H11FN4O. The molecule has 0 fully saturated rings. The Morgan fingerprint density at radius 2 is 2.06 bits per heavy atom. The maximum Gasteiger partial charge on any atom is 0.223 e. The average molecular weight is 234 g/mol. The third-order valence-corrected chi connectivity index (χ3v) is 2.36. The van der Waals surface area contributed by atoms with Crippen molar-refractivity contribution >= 4 is 6.21 Å². The number of aromatic hydroxyl groups is 1. The van der Waals surface area contributed by atoms with E-state index in [-0.39, 0.29) is 11.7 Å². The standard InChI is InChI=1S/C11H11FN4O/c1-7-10(6-14-13)11(17)16(15-7)9-4-2-8(12)3-5-9/h2-6,17H,13H2,1H3. The van der Waals surface area contributed by atoms with Crippen LogP contribution < -0.4 is 5.84 Å². The smallest absolute Gasteiger partial charge is 0.223 e. The van der Waals surface area contributed by atoms with Gasteiger partial charge in [-0.2, -0.15) is 10.2 Å². The van der Waals surface area contributed by atoms with E-state index in [0.29, 0.717) is 16.9 Å². The van der Waals surface area contributed by atoms with Gasteiger partial charge in [0.05, 0.1) is 23.2 Å². The van der Waals surface area contributed by atoms with E-state index in [4.69, 9.17) is 5.84 Å². The van der Waals surface area contributed by atoms with E-state index in [1.807, 2.05) is 0 Å². The lowest BCUT2D eigenvalue weighted by atomic mass is 10.3. The number of hydrazone groups is 1. The van der Waals surface area contributed by atoms with Crippen molar-refractivity contribution in [3.63, 3.8) is 0 Å². The Labute approximate surface area is 97.0 Å². The number of hydrogen-bond donors (Lipinski definition) is 2. The zero-order valence-electron chi connectivity index (χ0n) is 9.13. The molecule has 3 N–H and O–H groups in total. The van der Waals surface area contributed by atoms with Crippen LogP contribution in [0, 0.1) is 12.7 Å². The summed E-state index contributed by atoms with van der Waals surface area (Å²) in [7, 11) is 0. The number of rotatable bonds is 2. The van der Waals surface area contributed by atoms with Crippen LogP contribution in [0.5, 0.6) is 5.88 Å². The minimum absolute atomic E-state index is 0.0803. The third kappa shape index (κ3) is 1.96. The molecular weight excluding hydrogens is 223 g/mol. The molecule has 1 heterocycles. The lowest BCUT2D eigenvalue weighted by Gasteiger charge is -2.02. The third-order valence-electron chi connectivity index (χ3n) is 2.36. The molecule has 2 aromatic rings. The van der Waals surface area contributed by atoms with Crippen molar-refractivity contribution < 1.29 is 9.50 Å². The van der Waals surface area contributed by atoms with E-state index in [1.165, 1.54) is 35.2 Å². The average Bonchev–Trinajstić information content (AvgIpc) is 2.59. The molecule has 0 aliphatic heterocycles. The Hall–Kier alpha value is -2.37. The predicted molar refractivity (Wildman–Crippen MR) is 61.7 cm³/mol. The summed E-state index contributed by atoms with van der Waals surface area (Å²) in [6.07, 6.45) is 1.32. The fraction of sp³-hybridized carbons (Fsp3) is 0.0909. The molecule has 0 amide bonds. The van der Waals surface area contributed by atoms with E-state index >= 15 is 0 Å². The van der Waals surface area contributed by atoms with Crippen LogP contribution in [-0.4, -0.2) is 21.1 Å². The van der Waals surface area contributed by atoms with Crippen molar-refractivity contribution in [3.05, 3.63) is 41.3 Å². The highest BCUT2D eigenvalue weighted by Crippen LogP contribution is 2.22. The van der Waals surface area contributed by atoms with Crippen LogP contribution in [0.1, 0.15) is 11.3 Å². The minimum Gasteiger partial charge on any atom is -0.493 e. The quantitative estimate of drug-likeness (QED) is 0.467. The Bertz CT molecular complexity index is 560. The van der Waals surface area contributed by atoms with Gasteiger partial charge in [-0.05, 0) is 31.2 Å². The number of halogens is 1.